The first-order valence-electron chi connectivity index (χ1n) is 12.5. The Hall–Kier alpha value is -4.13. The fourth-order valence-electron chi connectivity index (χ4n) is 4.58. The van der Waals surface area contributed by atoms with E-state index in [0.29, 0.717) is 36.5 Å². The highest BCUT2D eigenvalue weighted by Gasteiger charge is 2.32. The second-order valence-electron chi connectivity index (χ2n) is 9.48. The molecule has 3 heterocycles. The summed E-state index contributed by atoms with van der Waals surface area (Å²) in [4.78, 5) is 33.2. The fourth-order valence-corrected chi connectivity index (χ4v) is 4.58. The number of nitrogens with one attached hydrogen (secondary N) is 2. The van der Waals surface area contributed by atoms with Gasteiger partial charge in [0.05, 0.1) is 0 Å². The quantitative estimate of drug-likeness (QED) is 0.467. The number of hydrogen-bond acceptors (Lipinski definition) is 9. The summed E-state index contributed by atoms with van der Waals surface area (Å²) in [5, 5.41) is 5.71. The minimum absolute atomic E-state index is 0.110. The second kappa shape index (κ2) is 10.9. The minimum atomic E-state index is -4.82. The molecule has 1 fully saturated rings. The number of benzene rings is 2. The van der Waals surface area contributed by atoms with Crippen LogP contribution in [0.2, 0.25) is 0 Å². The SMILES string of the molecule is CNc1nc(N2CCN(C)CC2)nc(N2Cc3ccc(C(=O)NCc4ccccc4OC(F)(F)F)cc3C2)n1. The lowest BCUT2D eigenvalue weighted by Gasteiger charge is -2.32. The molecule has 3 aromatic rings. The van der Waals surface area contributed by atoms with Crippen molar-refractivity contribution in [3.8, 4) is 5.75 Å². The van der Waals surface area contributed by atoms with Crippen molar-refractivity contribution >= 4 is 23.8 Å². The largest absolute Gasteiger partial charge is 0.573 e. The van der Waals surface area contributed by atoms with E-state index in [0.717, 1.165) is 37.3 Å². The molecular weight excluding hydrogens is 513 g/mol. The number of nitrogens with zero attached hydrogens (tertiary/aromatic N) is 6. The molecule has 13 heteroatoms. The van der Waals surface area contributed by atoms with Crippen molar-refractivity contribution in [2.75, 3.05) is 55.4 Å². The fraction of sp³-hybridized carbons (Fsp3) is 0.385. The van der Waals surface area contributed by atoms with Crippen LogP contribution in [0.3, 0.4) is 0 Å². The van der Waals surface area contributed by atoms with E-state index in [9.17, 15) is 18.0 Å². The number of likely N-dealkylation sites (N-methyl/N-ethyl adjacent to an activating group) is 1. The van der Waals surface area contributed by atoms with Gasteiger partial charge in [0.2, 0.25) is 17.8 Å². The highest BCUT2D eigenvalue weighted by molar-refractivity contribution is 5.94. The third kappa shape index (κ3) is 6.30. The molecule has 2 N–H and O–H groups in total. The molecule has 0 unspecified atom stereocenters. The first kappa shape index (κ1) is 26.5. The first-order valence-corrected chi connectivity index (χ1v) is 12.5. The lowest BCUT2D eigenvalue weighted by Crippen LogP contribution is -2.45. The number of carbonyl (C=O) groups is 1. The van der Waals surface area contributed by atoms with Crippen molar-refractivity contribution in [2.24, 2.45) is 0 Å². The number of ether oxygens (including phenoxy) is 1. The number of amides is 1. The van der Waals surface area contributed by atoms with E-state index in [1.165, 1.54) is 18.2 Å². The standard InChI is InChI=1S/C26H29F3N8O2/c1-30-23-32-24(36-11-9-35(2)10-12-36)34-25(33-23)37-15-19-8-7-17(13-20(19)16-37)22(38)31-14-18-5-3-4-6-21(18)39-26(27,28)29/h3-8,13H,9-12,14-16H2,1-2H3,(H,31,38)(H,30,32,33,34). The Kier molecular flexibility index (Phi) is 7.42. The molecule has 1 saturated heterocycles. The molecule has 0 bridgehead atoms. The maximum atomic E-state index is 12.9. The molecule has 10 nitrogen and oxygen atoms in total. The van der Waals surface area contributed by atoms with Crippen LogP contribution in [0.1, 0.15) is 27.0 Å². The number of carbonyl (C=O) groups excluding carboxylic acids is 1. The zero-order valence-corrected chi connectivity index (χ0v) is 21.6. The summed E-state index contributed by atoms with van der Waals surface area (Å²) in [6, 6.07) is 11.1. The van der Waals surface area contributed by atoms with Crippen LogP contribution in [0.25, 0.3) is 0 Å². The Morgan fingerprint density at radius 2 is 1.64 bits per heavy atom. The summed E-state index contributed by atoms with van der Waals surface area (Å²) in [6.45, 7) is 4.49. The molecule has 0 radical (unpaired) electrons. The Balaban J connectivity index is 1.27. The number of anilines is 3. The average Bonchev–Trinajstić information content (AvgIpc) is 3.35. The topological polar surface area (TPSA) is 98.8 Å². The van der Waals surface area contributed by atoms with Crippen LogP contribution in [-0.2, 0) is 19.6 Å². The van der Waals surface area contributed by atoms with Crippen molar-refractivity contribution in [1.29, 1.82) is 0 Å². The van der Waals surface area contributed by atoms with E-state index in [1.807, 2.05) is 11.0 Å². The number of halogens is 3. The van der Waals surface area contributed by atoms with E-state index in [2.05, 4.69) is 42.2 Å². The third-order valence-electron chi connectivity index (χ3n) is 6.73. The lowest BCUT2D eigenvalue weighted by atomic mass is 10.1. The van der Waals surface area contributed by atoms with Crippen molar-refractivity contribution in [2.45, 2.75) is 26.0 Å². The van der Waals surface area contributed by atoms with Gasteiger partial charge in [0, 0.05) is 64.0 Å². The van der Waals surface area contributed by atoms with Gasteiger partial charge in [-0.3, -0.25) is 4.79 Å². The smallest absolute Gasteiger partial charge is 0.405 e. The zero-order chi connectivity index (χ0) is 27.6. The van der Waals surface area contributed by atoms with Crippen molar-refractivity contribution < 1.29 is 22.7 Å². The van der Waals surface area contributed by atoms with Crippen molar-refractivity contribution in [3.05, 3.63) is 64.7 Å². The van der Waals surface area contributed by atoms with Crippen molar-refractivity contribution in [1.82, 2.24) is 25.2 Å². The van der Waals surface area contributed by atoms with Gasteiger partial charge in [-0.05, 0) is 36.4 Å². The molecule has 5 rings (SSSR count). The van der Waals surface area contributed by atoms with E-state index in [-0.39, 0.29) is 17.9 Å². The molecular formula is C26H29F3N8O2. The lowest BCUT2D eigenvalue weighted by molar-refractivity contribution is -0.274. The molecule has 2 aliphatic heterocycles. The van der Waals surface area contributed by atoms with Gasteiger partial charge in [-0.1, -0.05) is 24.3 Å². The van der Waals surface area contributed by atoms with Crippen LogP contribution < -0.4 is 25.2 Å². The number of aromatic nitrogens is 3. The molecule has 0 atom stereocenters. The molecule has 2 aromatic carbocycles. The van der Waals surface area contributed by atoms with E-state index >= 15 is 0 Å². The summed E-state index contributed by atoms with van der Waals surface area (Å²) in [5.74, 6) is 0.923. The Labute approximate surface area is 223 Å². The second-order valence-corrected chi connectivity index (χ2v) is 9.48. The number of para-hydroxylation sites is 1. The van der Waals surface area contributed by atoms with Crippen LogP contribution >= 0.6 is 0 Å². The third-order valence-corrected chi connectivity index (χ3v) is 6.73. The highest BCUT2D eigenvalue weighted by Crippen LogP contribution is 2.29. The normalized spacial score (nSPS) is 15.7. The Bertz CT molecular complexity index is 1350. The van der Waals surface area contributed by atoms with Gasteiger partial charge in [-0.15, -0.1) is 13.2 Å². The van der Waals surface area contributed by atoms with E-state index < -0.39 is 12.3 Å². The van der Waals surface area contributed by atoms with Gasteiger partial charge in [0.15, 0.2) is 0 Å². The predicted molar refractivity (Wildman–Crippen MR) is 140 cm³/mol. The molecule has 0 saturated carbocycles. The number of fused-ring (bicyclic) bond motifs is 1. The molecule has 1 amide bonds. The Morgan fingerprint density at radius 1 is 0.949 bits per heavy atom. The van der Waals surface area contributed by atoms with Crippen LogP contribution in [0.4, 0.5) is 31.0 Å². The van der Waals surface area contributed by atoms with Gasteiger partial charge in [-0.2, -0.15) is 15.0 Å². The Morgan fingerprint density at radius 3 is 2.36 bits per heavy atom. The summed E-state index contributed by atoms with van der Waals surface area (Å²) in [7, 11) is 3.86. The molecule has 2 aliphatic rings. The van der Waals surface area contributed by atoms with Gasteiger partial charge in [0.1, 0.15) is 5.75 Å². The molecule has 39 heavy (non-hydrogen) atoms. The highest BCUT2D eigenvalue weighted by atomic mass is 19.4. The van der Waals surface area contributed by atoms with Gasteiger partial charge in [0.25, 0.3) is 5.91 Å². The molecule has 0 aliphatic carbocycles. The number of piperazine rings is 1. The molecule has 0 spiro atoms. The molecule has 206 valence electrons. The van der Waals surface area contributed by atoms with Gasteiger partial charge < -0.3 is 30.1 Å². The summed E-state index contributed by atoms with van der Waals surface area (Å²) < 4.78 is 42.2. The van der Waals surface area contributed by atoms with Crippen molar-refractivity contribution in [3.63, 3.8) is 0 Å². The zero-order valence-electron chi connectivity index (χ0n) is 21.6. The van der Waals surface area contributed by atoms with Crippen LogP contribution in [0, 0.1) is 0 Å². The summed E-state index contributed by atoms with van der Waals surface area (Å²) in [6.07, 6.45) is -4.82. The van der Waals surface area contributed by atoms with E-state index in [4.69, 9.17) is 4.98 Å². The maximum absolute atomic E-state index is 12.9. The maximum Gasteiger partial charge on any atom is 0.573 e. The van der Waals surface area contributed by atoms with Crippen LogP contribution in [0.15, 0.2) is 42.5 Å². The average molecular weight is 543 g/mol. The minimum Gasteiger partial charge on any atom is -0.405 e. The summed E-state index contributed by atoms with van der Waals surface area (Å²) >= 11 is 0. The first-order chi connectivity index (χ1) is 18.7. The van der Waals surface area contributed by atoms with E-state index in [1.54, 1.807) is 25.2 Å². The number of hydrogen-bond donors (Lipinski definition) is 2. The summed E-state index contributed by atoms with van der Waals surface area (Å²) in [5.41, 5.74) is 2.63. The number of alkyl halides is 3. The number of rotatable bonds is 7. The van der Waals surface area contributed by atoms with Gasteiger partial charge >= 0.3 is 6.36 Å². The predicted octanol–water partition coefficient (Wildman–Crippen LogP) is 3.01. The monoisotopic (exact) mass is 542 g/mol. The molecule has 1 aromatic heterocycles. The van der Waals surface area contributed by atoms with Crippen LogP contribution in [-0.4, -0.2) is 72.4 Å². The van der Waals surface area contributed by atoms with Crippen LogP contribution in [0.5, 0.6) is 5.75 Å². The van der Waals surface area contributed by atoms with Gasteiger partial charge in [-0.25, -0.2) is 0 Å².